The van der Waals surface area contributed by atoms with Crippen molar-refractivity contribution in [2.75, 3.05) is 4.72 Å². The van der Waals surface area contributed by atoms with Crippen molar-refractivity contribution in [1.82, 2.24) is 0 Å². The molecule has 122 valence electrons. The van der Waals surface area contributed by atoms with Crippen LogP contribution in [-0.2, 0) is 10.0 Å². The molecule has 0 radical (unpaired) electrons. The SMILES string of the molecule is CC(C)Oc1ccccc1NS(=O)(=O)c1ccc(C(=O)O)cc1. The molecule has 0 saturated heterocycles. The third-order valence-corrected chi connectivity index (χ3v) is 4.29. The van der Waals surface area contributed by atoms with Gasteiger partial charge in [0.25, 0.3) is 10.0 Å². The first-order valence-corrected chi connectivity index (χ1v) is 8.40. The van der Waals surface area contributed by atoms with Gasteiger partial charge in [0.1, 0.15) is 5.75 Å². The Labute approximate surface area is 134 Å². The number of sulfonamides is 1. The molecule has 2 aromatic rings. The van der Waals surface area contributed by atoms with Crippen LogP contribution in [0.25, 0.3) is 0 Å². The number of aromatic carboxylic acids is 1. The summed E-state index contributed by atoms with van der Waals surface area (Å²) in [5.74, 6) is -0.689. The van der Waals surface area contributed by atoms with E-state index in [1.807, 2.05) is 13.8 Å². The number of anilines is 1. The Hall–Kier alpha value is -2.54. The number of ether oxygens (including phenoxy) is 1. The predicted molar refractivity (Wildman–Crippen MR) is 86.4 cm³/mol. The Kier molecular flexibility index (Phi) is 4.90. The van der Waals surface area contributed by atoms with E-state index in [0.717, 1.165) is 0 Å². The molecule has 0 aliphatic heterocycles. The van der Waals surface area contributed by atoms with E-state index in [2.05, 4.69) is 4.72 Å². The maximum atomic E-state index is 12.4. The van der Waals surface area contributed by atoms with Crippen molar-refractivity contribution in [3.8, 4) is 5.75 Å². The second-order valence-corrected chi connectivity index (χ2v) is 6.78. The quantitative estimate of drug-likeness (QED) is 0.846. The van der Waals surface area contributed by atoms with Crippen LogP contribution in [0.5, 0.6) is 5.75 Å². The molecule has 0 heterocycles. The van der Waals surface area contributed by atoms with Crippen LogP contribution in [0.2, 0.25) is 0 Å². The van der Waals surface area contributed by atoms with Crippen LogP contribution in [0.1, 0.15) is 24.2 Å². The largest absolute Gasteiger partial charge is 0.489 e. The van der Waals surface area contributed by atoms with Crippen LogP contribution in [0.3, 0.4) is 0 Å². The summed E-state index contributed by atoms with van der Waals surface area (Å²) in [7, 11) is -3.84. The molecule has 0 spiro atoms. The lowest BCUT2D eigenvalue weighted by Gasteiger charge is -2.15. The van der Waals surface area contributed by atoms with Gasteiger partial charge in [0, 0.05) is 0 Å². The zero-order chi connectivity index (χ0) is 17.0. The number of carbonyl (C=O) groups is 1. The Morgan fingerprint density at radius 3 is 2.26 bits per heavy atom. The maximum absolute atomic E-state index is 12.4. The Morgan fingerprint density at radius 1 is 1.09 bits per heavy atom. The average molecular weight is 335 g/mol. The fourth-order valence-corrected chi connectivity index (χ4v) is 2.96. The number of para-hydroxylation sites is 2. The van der Waals surface area contributed by atoms with E-state index in [0.29, 0.717) is 11.4 Å². The molecule has 6 nitrogen and oxygen atoms in total. The molecule has 0 unspecified atom stereocenters. The lowest BCUT2D eigenvalue weighted by atomic mass is 10.2. The molecule has 0 aliphatic rings. The van der Waals surface area contributed by atoms with Crippen LogP contribution in [0, 0.1) is 0 Å². The summed E-state index contributed by atoms with van der Waals surface area (Å²) in [6, 6.07) is 11.7. The summed E-state index contributed by atoms with van der Waals surface area (Å²) in [4.78, 5) is 10.8. The minimum atomic E-state index is -3.84. The summed E-state index contributed by atoms with van der Waals surface area (Å²) in [5.41, 5.74) is 0.344. The molecule has 0 atom stereocenters. The average Bonchev–Trinajstić information content (AvgIpc) is 2.48. The van der Waals surface area contributed by atoms with Crippen molar-refractivity contribution in [1.29, 1.82) is 0 Å². The van der Waals surface area contributed by atoms with Gasteiger partial charge in [-0.25, -0.2) is 13.2 Å². The summed E-state index contributed by atoms with van der Waals surface area (Å²) in [6.45, 7) is 3.69. The van der Waals surface area contributed by atoms with Gasteiger partial charge in [-0.15, -0.1) is 0 Å². The van der Waals surface area contributed by atoms with Crippen LogP contribution in [0.15, 0.2) is 53.4 Å². The van der Waals surface area contributed by atoms with E-state index >= 15 is 0 Å². The highest BCUT2D eigenvalue weighted by molar-refractivity contribution is 7.92. The monoisotopic (exact) mass is 335 g/mol. The molecule has 2 rings (SSSR count). The smallest absolute Gasteiger partial charge is 0.335 e. The van der Waals surface area contributed by atoms with Crippen LogP contribution < -0.4 is 9.46 Å². The number of rotatable bonds is 6. The van der Waals surface area contributed by atoms with Crippen LogP contribution in [0.4, 0.5) is 5.69 Å². The molecule has 0 amide bonds. The van der Waals surface area contributed by atoms with Gasteiger partial charge in [-0.2, -0.15) is 0 Å². The molecule has 0 saturated carbocycles. The third kappa shape index (κ3) is 4.23. The predicted octanol–water partition coefficient (Wildman–Crippen LogP) is 2.97. The van der Waals surface area contributed by atoms with Gasteiger partial charge in [0.2, 0.25) is 0 Å². The first kappa shape index (κ1) is 16.8. The molecular weight excluding hydrogens is 318 g/mol. The maximum Gasteiger partial charge on any atom is 0.335 e. The molecule has 0 aromatic heterocycles. The standard InChI is InChI=1S/C16H17NO5S/c1-11(2)22-15-6-4-3-5-14(15)17-23(20,21)13-9-7-12(8-10-13)16(18)19/h3-11,17H,1-2H3,(H,18,19). The number of nitrogens with one attached hydrogen (secondary N) is 1. The van der Waals surface area contributed by atoms with Gasteiger partial charge in [-0.05, 0) is 50.2 Å². The first-order valence-electron chi connectivity index (χ1n) is 6.91. The zero-order valence-corrected chi connectivity index (χ0v) is 13.5. The fraction of sp³-hybridized carbons (Fsp3) is 0.188. The molecule has 2 N–H and O–H groups in total. The van der Waals surface area contributed by atoms with Gasteiger partial charge in [0.05, 0.1) is 22.3 Å². The third-order valence-electron chi connectivity index (χ3n) is 2.91. The molecule has 0 bridgehead atoms. The highest BCUT2D eigenvalue weighted by Gasteiger charge is 2.17. The highest BCUT2D eigenvalue weighted by atomic mass is 32.2. The van der Waals surface area contributed by atoms with E-state index < -0.39 is 16.0 Å². The van der Waals surface area contributed by atoms with E-state index in [9.17, 15) is 13.2 Å². The van der Waals surface area contributed by atoms with Crippen LogP contribution in [-0.4, -0.2) is 25.6 Å². The van der Waals surface area contributed by atoms with E-state index in [1.165, 1.54) is 24.3 Å². The molecule has 23 heavy (non-hydrogen) atoms. The molecule has 7 heteroatoms. The zero-order valence-electron chi connectivity index (χ0n) is 12.7. The van der Waals surface area contributed by atoms with Crippen molar-refractivity contribution >= 4 is 21.7 Å². The Bertz CT molecular complexity index is 797. The summed E-state index contributed by atoms with van der Waals surface area (Å²) in [6.07, 6.45) is -0.101. The summed E-state index contributed by atoms with van der Waals surface area (Å²) in [5, 5.41) is 8.85. The van der Waals surface area contributed by atoms with Crippen molar-refractivity contribution < 1.29 is 23.1 Å². The molecular formula is C16H17NO5S. The van der Waals surface area contributed by atoms with Crippen molar-refractivity contribution in [3.63, 3.8) is 0 Å². The normalized spacial score (nSPS) is 11.3. The van der Waals surface area contributed by atoms with Crippen molar-refractivity contribution in [2.45, 2.75) is 24.8 Å². The lowest BCUT2D eigenvalue weighted by Crippen LogP contribution is -2.15. The number of hydrogen-bond donors (Lipinski definition) is 2. The lowest BCUT2D eigenvalue weighted by molar-refractivity contribution is 0.0696. The van der Waals surface area contributed by atoms with Gasteiger partial charge in [0.15, 0.2) is 0 Å². The van der Waals surface area contributed by atoms with Crippen molar-refractivity contribution in [3.05, 3.63) is 54.1 Å². The fourth-order valence-electron chi connectivity index (χ4n) is 1.89. The topological polar surface area (TPSA) is 92.7 Å². The number of hydrogen-bond acceptors (Lipinski definition) is 4. The minimum absolute atomic E-state index is 0.0208. The Balaban J connectivity index is 2.30. The number of carboxylic acid groups (broad SMARTS) is 1. The summed E-state index contributed by atoms with van der Waals surface area (Å²) < 4.78 is 32.8. The first-order chi connectivity index (χ1) is 10.8. The van der Waals surface area contributed by atoms with Gasteiger partial charge in [-0.1, -0.05) is 12.1 Å². The summed E-state index contributed by atoms with van der Waals surface area (Å²) >= 11 is 0. The molecule has 0 fully saturated rings. The molecule has 2 aromatic carbocycles. The second-order valence-electron chi connectivity index (χ2n) is 5.10. The minimum Gasteiger partial charge on any atom is -0.489 e. The molecule has 0 aliphatic carbocycles. The number of carboxylic acids is 1. The van der Waals surface area contributed by atoms with Gasteiger partial charge in [-0.3, -0.25) is 4.72 Å². The number of benzene rings is 2. The van der Waals surface area contributed by atoms with E-state index in [-0.39, 0.29) is 16.6 Å². The van der Waals surface area contributed by atoms with E-state index in [4.69, 9.17) is 9.84 Å². The van der Waals surface area contributed by atoms with Gasteiger partial charge < -0.3 is 9.84 Å². The van der Waals surface area contributed by atoms with E-state index in [1.54, 1.807) is 24.3 Å². The van der Waals surface area contributed by atoms with Crippen LogP contribution >= 0.6 is 0 Å². The Morgan fingerprint density at radius 2 is 1.70 bits per heavy atom. The second kappa shape index (κ2) is 6.70. The van der Waals surface area contributed by atoms with Crippen molar-refractivity contribution in [2.24, 2.45) is 0 Å². The highest BCUT2D eigenvalue weighted by Crippen LogP contribution is 2.27. The van der Waals surface area contributed by atoms with Gasteiger partial charge >= 0.3 is 5.97 Å².